The van der Waals surface area contributed by atoms with E-state index in [1.165, 1.54) is 19.3 Å². The quantitative estimate of drug-likeness (QED) is 0.899. The van der Waals surface area contributed by atoms with E-state index in [0.29, 0.717) is 11.8 Å². The van der Waals surface area contributed by atoms with Crippen molar-refractivity contribution >= 4 is 15.9 Å². The van der Waals surface area contributed by atoms with Crippen LogP contribution in [0.2, 0.25) is 0 Å². The fourth-order valence-electron chi connectivity index (χ4n) is 2.63. The molecule has 0 radical (unpaired) electrons. The van der Waals surface area contributed by atoms with Crippen LogP contribution in [0.25, 0.3) is 0 Å². The summed E-state index contributed by atoms with van der Waals surface area (Å²) in [6, 6.07) is 2.00. The molecule has 17 heavy (non-hydrogen) atoms. The van der Waals surface area contributed by atoms with E-state index in [-0.39, 0.29) is 5.54 Å². The Morgan fingerprint density at radius 3 is 2.76 bits per heavy atom. The van der Waals surface area contributed by atoms with Gasteiger partial charge in [0.25, 0.3) is 0 Å². The second-order valence-electron chi connectivity index (χ2n) is 6.06. The summed E-state index contributed by atoms with van der Waals surface area (Å²) in [6.07, 6.45) is 5.66. The molecule has 2 nitrogen and oxygen atoms in total. The van der Waals surface area contributed by atoms with E-state index in [1.54, 1.807) is 6.26 Å². The number of halogens is 1. The number of rotatable bonds is 3. The van der Waals surface area contributed by atoms with Gasteiger partial charge in [-0.2, -0.15) is 0 Å². The van der Waals surface area contributed by atoms with Crippen LogP contribution in [0.4, 0.5) is 0 Å². The largest absolute Gasteiger partial charge is 0.468 e. The molecule has 1 heterocycles. The first-order valence-corrected chi connectivity index (χ1v) is 7.24. The number of nitrogens with one attached hydrogen (secondary N) is 1. The van der Waals surface area contributed by atoms with Crippen molar-refractivity contribution in [3.05, 3.63) is 22.6 Å². The highest BCUT2D eigenvalue weighted by Gasteiger charge is 2.32. The van der Waals surface area contributed by atoms with Crippen LogP contribution in [0, 0.1) is 5.92 Å². The van der Waals surface area contributed by atoms with Gasteiger partial charge in [-0.3, -0.25) is 0 Å². The molecule has 1 fully saturated rings. The second kappa shape index (κ2) is 5.15. The summed E-state index contributed by atoms with van der Waals surface area (Å²) >= 11 is 3.58. The van der Waals surface area contributed by atoms with E-state index in [2.05, 4.69) is 42.0 Å². The van der Waals surface area contributed by atoms with Gasteiger partial charge in [-0.25, -0.2) is 0 Å². The molecule has 0 saturated heterocycles. The normalized spacial score (nSPS) is 25.4. The van der Waals surface area contributed by atoms with E-state index in [9.17, 15) is 0 Å². The zero-order valence-corrected chi connectivity index (χ0v) is 12.5. The monoisotopic (exact) mass is 299 g/mol. The fourth-order valence-corrected chi connectivity index (χ4v) is 3.13. The van der Waals surface area contributed by atoms with Crippen LogP contribution in [0.15, 0.2) is 21.2 Å². The molecule has 0 amide bonds. The van der Waals surface area contributed by atoms with E-state index in [4.69, 9.17) is 4.42 Å². The lowest BCUT2D eigenvalue weighted by Crippen LogP contribution is -2.39. The SMILES string of the molecule is CC(C)(C)NCC1CCCC1c1occc1Br. The van der Waals surface area contributed by atoms with Crippen LogP contribution in [0.5, 0.6) is 0 Å². The van der Waals surface area contributed by atoms with E-state index < -0.39 is 0 Å². The van der Waals surface area contributed by atoms with Gasteiger partial charge in [0.1, 0.15) is 5.76 Å². The topological polar surface area (TPSA) is 25.2 Å². The average molecular weight is 300 g/mol. The van der Waals surface area contributed by atoms with Crippen molar-refractivity contribution in [2.75, 3.05) is 6.54 Å². The molecule has 1 aromatic rings. The standard InChI is InChI=1S/C14H22BrNO/c1-14(2,3)16-9-10-5-4-6-11(10)13-12(15)7-8-17-13/h7-8,10-11,16H,4-6,9H2,1-3H3. The second-order valence-corrected chi connectivity index (χ2v) is 6.92. The van der Waals surface area contributed by atoms with Crippen LogP contribution in [0.3, 0.4) is 0 Å². The lowest BCUT2D eigenvalue weighted by Gasteiger charge is -2.26. The van der Waals surface area contributed by atoms with Crippen LogP contribution < -0.4 is 5.32 Å². The van der Waals surface area contributed by atoms with Crippen LogP contribution >= 0.6 is 15.9 Å². The third kappa shape index (κ3) is 3.35. The molecular formula is C14H22BrNO. The Hall–Kier alpha value is -0.280. The molecule has 1 aliphatic carbocycles. The van der Waals surface area contributed by atoms with Crippen molar-refractivity contribution in [2.24, 2.45) is 5.92 Å². The minimum absolute atomic E-state index is 0.202. The van der Waals surface area contributed by atoms with Crippen molar-refractivity contribution in [3.63, 3.8) is 0 Å². The number of hydrogen-bond acceptors (Lipinski definition) is 2. The Morgan fingerprint density at radius 2 is 2.18 bits per heavy atom. The lowest BCUT2D eigenvalue weighted by molar-refractivity contribution is 0.333. The molecule has 1 aliphatic rings. The zero-order chi connectivity index (χ0) is 12.5. The number of hydrogen-bond donors (Lipinski definition) is 1. The molecule has 2 unspecified atom stereocenters. The van der Waals surface area contributed by atoms with Gasteiger partial charge in [0.05, 0.1) is 10.7 Å². The van der Waals surface area contributed by atoms with Crippen molar-refractivity contribution in [2.45, 2.75) is 51.5 Å². The van der Waals surface area contributed by atoms with E-state index in [1.807, 2.05) is 6.07 Å². The highest BCUT2D eigenvalue weighted by Crippen LogP contribution is 2.42. The summed E-state index contributed by atoms with van der Waals surface area (Å²) in [5.74, 6) is 2.43. The highest BCUT2D eigenvalue weighted by atomic mass is 79.9. The molecule has 0 aromatic carbocycles. The summed E-state index contributed by atoms with van der Waals surface area (Å²) in [5.41, 5.74) is 0.202. The first-order valence-electron chi connectivity index (χ1n) is 6.45. The van der Waals surface area contributed by atoms with Gasteiger partial charge >= 0.3 is 0 Å². The Morgan fingerprint density at radius 1 is 1.41 bits per heavy atom. The smallest absolute Gasteiger partial charge is 0.121 e. The summed E-state index contributed by atoms with van der Waals surface area (Å²) in [7, 11) is 0. The maximum atomic E-state index is 5.64. The lowest BCUT2D eigenvalue weighted by atomic mass is 9.92. The molecule has 2 atom stereocenters. The summed E-state index contributed by atoms with van der Waals surface area (Å²) in [4.78, 5) is 0. The van der Waals surface area contributed by atoms with E-state index >= 15 is 0 Å². The minimum atomic E-state index is 0.202. The summed E-state index contributed by atoms with van der Waals surface area (Å²) < 4.78 is 6.77. The van der Waals surface area contributed by atoms with Gasteiger partial charge in [-0.15, -0.1) is 0 Å². The maximum absolute atomic E-state index is 5.64. The van der Waals surface area contributed by atoms with Crippen molar-refractivity contribution in [3.8, 4) is 0 Å². The van der Waals surface area contributed by atoms with Gasteiger partial charge in [0.2, 0.25) is 0 Å². The third-order valence-electron chi connectivity index (χ3n) is 3.54. The Kier molecular flexibility index (Phi) is 3.99. The molecule has 1 N–H and O–H groups in total. The number of furan rings is 1. The van der Waals surface area contributed by atoms with Gasteiger partial charge in [0, 0.05) is 11.5 Å². The minimum Gasteiger partial charge on any atom is -0.468 e. The van der Waals surface area contributed by atoms with Gasteiger partial charge < -0.3 is 9.73 Å². The fraction of sp³-hybridized carbons (Fsp3) is 0.714. The predicted molar refractivity (Wildman–Crippen MR) is 74.2 cm³/mol. The van der Waals surface area contributed by atoms with Crippen LogP contribution in [-0.2, 0) is 0 Å². The molecule has 1 aromatic heterocycles. The first-order chi connectivity index (χ1) is 7.97. The van der Waals surface area contributed by atoms with Gasteiger partial charge in [0.15, 0.2) is 0 Å². The first kappa shape index (κ1) is 13.2. The third-order valence-corrected chi connectivity index (χ3v) is 4.19. The van der Waals surface area contributed by atoms with E-state index in [0.717, 1.165) is 16.8 Å². The molecule has 1 saturated carbocycles. The van der Waals surface area contributed by atoms with Crippen molar-refractivity contribution in [1.82, 2.24) is 5.32 Å². The molecular weight excluding hydrogens is 278 g/mol. The molecule has 0 spiro atoms. The summed E-state index contributed by atoms with van der Waals surface area (Å²) in [6.45, 7) is 7.75. The predicted octanol–water partition coefficient (Wildman–Crippen LogP) is 4.31. The van der Waals surface area contributed by atoms with Crippen molar-refractivity contribution < 1.29 is 4.42 Å². The Labute approximate surface area is 112 Å². The zero-order valence-electron chi connectivity index (χ0n) is 10.9. The van der Waals surface area contributed by atoms with Gasteiger partial charge in [-0.1, -0.05) is 6.42 Å². The Balaban J connectivity index is 2.01. The molecule has 0 bridgehead atoms. The molecule has 96 valence electrons. The molecule has 2 rings (SSSR count). The van der Waals surface area contributed by atoms with Crippen LogP contribution in [-0.4, -0.2) is 12.1 Å². The van der Waals surface area contributed by atoms with Crippen molar-refractivity contribution in [1.29, 1.82) is 0 Å². The van der Waals surface area contributed by atoms with Gasteiger partial charge in [-0.05, 0) is 68.1 Å². The molecule has 0 aliphatic heterocycles. The molecule has 3 heteroatoms. The maximum Gasteiger partial charge on any atom is 0.121 e. The highest BCUT2D eigenvalue weighted by molar-refractivity contribution is 9.10. The van der Waals surface area contributed by atoms with Crippen LogP contribution in [0.1, 0.15) is 51.7 Å². The summed E-state index contributed by atoms with van der Waals surface area (Å²) in [5, 5.41) is 3.62. The average Bonchev–Trinajstić information content (AvgIpc) is 2.81. The Bertz CT molecular complexity index is 367.